The zero-order chi connectivity index (χ0) is 22.0. The van der Waals surface area contributed by atoms with E-state index >= 15 is 0 Å². The van der Waals surface area contributed by atoms with Crippen molar-refractivity contribution in [3.63, 3.8) is 0 Å². The maximum Gasteiger partial charge on any atom is 0.258 e. The zero-order valence-corrected chi connectivity index (χ0v) is 17.7. The van der Waals surface area contributed by atoms with E-state index in [1.54, 1.807) is 36.1 Å². The van der Waals surface area contributed by atoms with Crippen molar-refractivity contribution >= 4 is 34.9 Å². The molecule has 0 spiro atoms. The Hall–Kier alpha value is -3.25. The molecule has 4 rings (SSSR count). The van der Waals surface area contributed by atoms with Gasteiger partial charge in [0.2, 0.25) is 5.91 Å². The number of aromatic nitrogens is 1. The largest absolute Gasteiger partial charge is 0.310 e. The molecule has 7 heteroatoms. The first-order valence-corrected chi connectivity index (χ1v) is 10.4. The second-order valence-electron chi connectivity index (χ2n) is 7.53. The van der Waals surface area contributed by atoms with E-state index in [9.17, 15) is 14.0 Å². The Morgan fingerprint density at radius 1 is 1.16 bits per heavy atom. The minimum Gasteiger partial charge on any atom is -0.310 e. The molecule has 5 nitrogen and oxygen atoms in total. The molecule has 31 heavy (non-hydrogen) atoms. The number of carbonyl (C=O) groups is 2. The minimum atomic E-state index is -0.461. The number of benzene rings is 2. The average Bonchev–Trinajstić information content (AvgIpc) is 2.78. The van der Waals surface area contributed by atoms with Crippen molar-refractivity contribution in [2.75, 3.05) is 16.8 Å². The molecule has 2 heterocycles. The Morgan fingerprint density at radius 2 is 2.00 bits per heavy atom. The highest BCUT2D eigenvalue weighted by Crippen LogP contribution is 2.32. The van der Waals surface area contributed by atoms with Gasteiger partial charge in [0.05, 0.1) is 12.1 Å². The first-order valence-electron chi connectivity index (χ1n) is 10.0. The molecule has 1 aliphatic heterocycles. The molecule has 1 N–H and O–H groups in total. The van der Waals surface area contributed by atoms with Gasteiger partial charge in [-0.1, -0.05) is 29.8 Å². The number of halogens is 2. The number of carbonyl (C=O) groups excluding carboxylic acids is 2. The first kappa shape index (κ1) is 21.0. The lowest BCUT2D eigenvalue weighted by molar-refractivity contribution is -0.117. The standard InChI is InChI=1S/C24H21ClFN3O2/c1-15(23(30)28-22-10-8-20(26)14-27-22)16-7-9-21-17(12-16)5-3-11-29(21)24(31)18-4-2-6-19(25)13-18/h2,4,6-10,12-15H,3,5,11H2,1H3,(H,27,28,30)/t15-/m1/s1. The van der Waals surface area contributed by atoms with Gasteiger partial charge in [-0.3, -0.25) is 9.59 Å². The molecule has 1 atom stereocenters. The van der Waals surface area contributed by atoms with Gasteiger partial charge in [-0.15, -0.1) is 0 Å². The summed E-state index contributed by atoms with van der Waals surface area (Å²) in [5.41, 5.74) is 3.27. The third-order valence-electron chi connectivity index (χ3n) is 5.41. The van der Waals surface area contributed by atoms with E-state index in [1.165, 1.54) is 12.1 Å². The predicted octanol–water partition coefficient (Wildman–Crippen LogP) is 5.21. The van der Waals surface area contributed by atoms with E-state index in [0.29, 0.717) is 22.9 Å². The van der Waals surface area contributed by atoms with Crippen molar-refractivity contribution in [3.8, 4) is 0 Å². The maximum absolute atomic E-state index is 13.0. The molecular weight excluding hydrogens is 417 g/mol. The maximum atomic E-state index is 13.0. The Balaban J connectivity index is 1.54. The quantitative estimate of drug-likeness (QED) is 0.609. The van der Waals surface area contributed by atoms with Crippen molar-refractivity contribution in [3.05, 3.63) is 88.3 Å². The molecule has 1 aromatic heterocycles. The molecule has 0 radical (unpaired) electrons. The van der Waals surface area contributed by atoms with Crippen LogP contribution in [0.3, 0.4) is 0 Å². The van der Waals surface area contributed by atoms with E-state index < -0.39 is 11.7 Å². The molecule has 158 valence electrons. The number of aryl methyl sites for hydroxylation is 1. The summed E-state index contributed by atoms with van der Waals surface area (Å²) in [7, 11) is 0. The Bertz CT molecular complexity index is 1130. The van der Waals surface area contributed by atoms with Crippen LogP contribution >= 0.6 is 11.6 Å². The lowest BCUT2D eigenvalue weighted by Crippen LogP contribution is -2.35. The third-order valence-corrected chi connectivity index (χ3v) is 5.65. The number of nitrogens with zero attached hydrogens (tertiary/aromatic N) is 2. The van der Waals surface area contributed by atoms with Crippen LogP contribution in [0.5, 0.6) is 0 Å². The number of nitrogens with one attached hydrogen (secondary N) is 1. The van der Waals surface area contributed by atoms with E-state index in [4.69, 9.17) is 11.6 Å². The van der Waals surface area contributed by atoms with E-state index in [2.05, 4.69) is 10.3 Å². The van der Waals surface area contributed by atoms with Gasteiger partial charge in [-0.25, -0.2) is 9.37 Å². The summed E-state index contributed by atoms with van der Waals surface area (Å²) in [6, 6.07) is 15.3. The summed E-state index contributed by atoms with van der Waals surface area (Å²) in [5, 5.41) is 3.23. The Morgan fingerprint density at radius 3 is 2.74 bits per heavy atom. The van der Waals surface area contributed by atoms with Gasteiger partial charge in [-0.05, 0) is 67.3 Å². The summed E-state index contributed by atoms with van der Waals surface area (Å²) in [5.74, 6) is -0.922. The third kappa shape index (κ3) is 4.59. The average molecular weight is 438 g/mol. The van der Waals surface area contributed by atoms with Crippen LogP contribution in [0, 0.1) is 5.82 Å². The first-order chi connectivity index (χ1) is 14.9. The predicted molar refractivity (Wildman–Crippen MR) is 119 cm³/mol. The number of pyridine rings is 1. The molecule has 2 aromatic carbocycles. The van der Waals surface area contributed by atoms with Crippen LogP contribution in [0.25, 0.3) is 0 Å². The smallest absolute Gasteiger partial charge is 0.258 e. The number of fused-ring (bicyclic) bond motifs is 1. The van der Waals surface area contributed by atoms with Gasteiger partial charge < -0.3 is 10.2 Å². The van der Waals surface area contributed by atoms with Crippen molar-refractivity contribution < 1.29 is 14.0 Å². The minimum absolute atomic E-state index is 0.0932. The molecule has 0 bridgehead atoms. The van der Waals surface area contributed by atoms with Gasteiger partial charge >= 0.3 is 0 Å². The van der Waals surface area contributed by atoms with Crippen LogP contribution in [0.15, 0.2) is 60.8 Å². The van der Waals surface area contributed by atoms with Crippen molar-refractivity contribution in [2.24, 2.45) is 0 Å². The van der Waals surface area contributed by atoms with E-state index in [-0.39, 0.29) is 11.8 Å². The van der Waals surface area contributed by atoms with Crippen molar-refractivity contribution in [2.45, 2.75) is 25.7 Å². The zero-order valence-electron chi connectivity index (χ0n) is 16.9. The van der Waals surface area contributed by atoms with E-state index in [1.807, 2.05) is 18.2 Å². The lowest BCUT2D eigenvalue weighted by atomic mass is 9.93. The topological polar surface area (TPSA) is 62.3 Å². The van der Waals surface area contributed by atoms with Gasteiger partial charge in [-0.2, -0.15) is 0 Å². The van der Waals surface area contributed by atoms with Gasteiger partial charge in [0.25, 0.3) is 5.91 Å². The summed E-state index contributed by atoms with van der Waals surface area (Å²) in [6.45, 7) is 2.43. The number of anilines is 2. The number of amides is 2. The summed E-state index contributed by atoms with van der Waals surface area (Å²) < 4.78 is 13.0. The van der Waals surface area contributed by atoms with Gasteiger partial charge in [0, 0.05) is 22.8 Å². The second kappa shape index (κ2) is 8.86. The fourth-order valence-electron chi connectivity index (χ4n) is 3.71. The van der Waals surface area contributed by atoms with E-state index in [0.717, 1.165) is 35.9 Å². The molecule has 1 aliphatic rings. The summed E-state index contributed by atoms with van der Waals surface area (Å²) in [6.07, 6.45) is 2.73. The van der Waals surface area contributed by atoms with Crippen LogP contribution < -0.4 is 10.2 Å². The highest BCUT2D eigenvalue weighted by Gasteiger charge is 2.25. The molecule has 0 fully saturated rings. The van der Waals surface area contributed by atoms with Gasteiger partial charge in [0.15, 0.2) is 0 Å². The summed E-state index contributed by atoms with van der Waals surface area (Å²) in [4.78, 5) is 31.3. The second-order valence-corrected chi connectivity index (χ2v) is 7.97. The molecular formula is C24H21ClFN3O2. The molecule has 0 aliphatic carbocycles. The van der Waals surface area contributed by atoms with Crippen LogP contribution in [0.1, 0.15) is 40.7 Å². The fourth-order valence-corrected chi connectivity index (χ4v) is 3.90. The Labute approximate surface area is 184 Å². The summed E-state index contributed by atoms with van der Waals surface area (Å²) >= 11 is 6.05. The van der Waals surface area contributed by atoms with Crippen molar-refractivity contribution in [1.29, 1.82) is 0 Å². The molecule has 0 saturated carbocycles. The number of rotatable bonds is 4. The normalized spacial score (nSPS) is 14.0. The highest BCUT2D eigenvalue weighted by molar-refractivity contribution is 6.31. The van der Waals surface area contributed by atoms with Crippen LogP contribution in [-0.4, -0.2) is 23.3 Å². The highest BCUT2D eigenvalue weighted by atomic mass is 35.5. The molecule has 3 aromatic rings. The Kier molecular flexibility index (Phi) is 6.00. The molecule has 0 saturated heterocycles. The monoisotopic (exact) mass is 437 g/mol. The van der Waals surface area contributed by atoms with Gasteiger partial charge in [0.1, 0.15) is 11.6 Å². The van der Waals surface area contributed by atoms with Crippen LogP contribution in [-0.2, 0) is 11.2 Å². The van der Waals surface area contributed by atoms with Crippen LogP contribution in [0.2, 0.25) is 5.02 Å². The molecule has 0 unspecified atom stereocenters. The SMILES string of the molecule is C[C@@H](C(=O)Nc1ccc(F)cn1)c1ccc2c(c1)CCCN2C(=O)c1cccc(Cl)c1. The van der Waals surface area contributed by atoms with Crippen molar-refractivity contribution in [1.82, 2.24) is 4.98 Å². The molecule has 2 amide bonds. The fraction of sp³-hybridized carbons (Fsp3) is 0.208. The number of hydrogen-bond acceptors (Lipinski definition) is 3. The van der Waals surface area contributed by atoms with Crippen LogP contribution in [0.4, 0.5) is 15.9 Å². The number of hydrogen-bond donors (Lipinski definition) is 1. The lowest BCUT2D eigenvalue weighted by Gasteiger charge is -2.30.